The molecule has 0 spiro atoms. The summed E-state index contributed by atoms with van der Waals surface area (Å²) >= 11 is 0. The Kier molecular flexibility index (Phi) is 5.81. The number of rotatable bonds is 7. The van der Waals surface area contributed by atoms with Crippen LogP contribution in [0.2, 0.25) is 0 Å². The van der Waals surface area contributed by atoms with Crippen LogP contribution in [0.15, 0.2) is 24.3 Å². The number of hydrogen-bond donors (Lipinski definition) is 1. The number of nitrogens with one attached hydrogen (secondary N) is 1. The zero-order valence-electron chi connectivity index (χ0n) is 9.45. The molecule has 0 saturated heterocycles. The third kappa shape index (κ3) is 4.32. The first kappa shape index (κ1) is 12.0. The lowest BCUT2D eigenvalue weighted by molar-refractivity contribution is 0.110. The Balaban J connectivity index is 2.44. The van der Waals surface area contributed by atoms with Crippen molar-refractivity contribution in [2.45, 2.75) is 13.5 Å². The monoisotopic (exact) mass is 209 g/mol. The van der Waals surface area contributed by atoms with Gasteiger partial charge in [-0.1, -0.05) is 18.2 Å². The quantitative estimate of drug-likeness (QED) is 0.695. The highest BCUT2D eigenvalue weighted by Gasteiger charge is 2.00. The van der Waals surface area contributed by atoms with E-state index in [1.54, 1.807) is 0 Å². The molecule has 1 N–H and O–H groups in total. The molecule has 0 heterocycles. The second-order valence-electron chi connectivity index (χ2n) is 3.18. The van der Waals surface area contributed by atoms with Crippen LogP contribution in [0.1, 0.15) is 12.5 Å². The van der Waals surface area contributed by atoms with Crippen molar-refractivity contribution >= 4 is 0 Å². The molecular formula is C12H19NO2. The Morgan fingerprint density at radius 2 is 2.00 bits per heavy atom. The van der Waals surface area contributed by atoms with Gasteiger partial charge in [-0.15, -0.1) is 0 Å². The normalized spacial score (nSPS) is 10.3. The maximum atomic E-state index is 5.63. The van der Waals surface area contributed by atoms with Crippen LogP contribution in [0.4, 0.5) is 0 Å². The number of ether oxygens (including phenoxy) is 2. The zero-order chi connectivity index (χ0) is 10.9. The van der Waals surface area contributed by atoms with Crippen molar-refractivity contribution in [3.8, 4) is 5.75 Å². The van der Waals surface area contributed by atoms with E-state index in [2.05, 4.69) is 11.4 Å². The summed E-state index contributed by atoms with van der Waals surface area (Å²) in [5.74, 6) is 0.937. The molecule has 1 aromatic carbocycles. The van der Waals surface area contributed by atoms with Crippen LogP contribution in [0, 0.1) is 0 Å². The van der Waals surface area contributed by atoms with Gasteiger partial charge in [0.1, 0.15) is 12.4 Å². The molecule has 0 aromatic heterocycles. The first-order valence-corrected chi connectivity index (χ1v) is 5.31. The fraction of sp³-hybridized carbons (Fsp3) is 0.500. The van der Waals surface area contributed by atoms with Gasteiger partial charge in [0.25, 0.3) is 0 Å². The lowest BCUT2D eigenvalue weighted by Gasteiger charge is -2.10. The Hall–Kier alpha value is -1.06. The molecule has 0 unspecified atom stereocenters. The average Bonchev–Trinajstić information content (AvgIpc) is 2.27. The minimum absolute atomic E-state index is 0.606. The van der Waals surface area contributed by atoms with Crippen molar-refractivity contribution in [2.24, 2.45) is 0 Å². The topological polar surface area (TPSA) is 30.5 Å². The molecule has 0 fully saturated rings. The van der Waals surface area contributed by atoms with Crippen molar-refractivity contribution in [3.05, 3.63) is 29.8 Å². The van der Waals surface area contributed by atoms with Gasteiger partial charge in [0.15, 0.2) is 0 Å². The highest BCUT2D eigenvalue weighted by atomic mass is 16.5. The van der Waals surface area contributed by atoms with Crippen LogP contribution >= 0.6 is 0 Å². The summed E-state index contributed by atoms with van der Waals surface area (Å²) in [6.07, 6.45) is 0. The maximum absolute atomic E-state index is 5.63. The third-order valence-electron chi connectivity index (χ3n) is 2.03. The maximum Gasteiger partial charge on any atom is 0.123 e. The lowest BCUT2D eigenvalue weighted by Crippen LogP contribution is -2.10. The lowest BCUT2D eigenvalue weighted by atomic mass is 10.2. The molecule has 3 nitrogen and oxygen atoms in total. The standard InChI is InChI=1S/C12H19NO2/c1-3-14-8-9-15-12-7-5-4-6-11(12)10-13-2/h4-7,13H,3,8-10H2,1-2H3. The second kappa shape index (κ2) is 7.26. The highest BCUT2D eigenvalue weighted by molar-refractivity contribution is 5.33. The van der Waals surface area contributed by atoms with E-state index in [4.69, 9.17) is 9.47 Å². The van der Waals surface area contributed by atoms with E-state index in [1.165, 1.54) is 5.56 Å². The largest absolute Gasteiger partial charge is 0.491 e. The smallest absolute Gasteiger partial charge is 0.123 e. The molecule has 0 aliphatic carbocycles. The molecule has 0 saturated carbocycles. The molecule has 0 aliphatic rings. The molecular weight excluding hydrogens is 190 g/mol. The van der Waals surface area contributed by atoms with E-state index in [0.717, 1.165) is 18.9 Å². The van der Waals surface area contributed by atoms with Crippen molar-refractivity contribution < 1.29 is 9.47 Å². The molecule has 3 heteroatoms. The summed E-state index contributed by atoms with van der Waals surface area (Å²) in [4.78, 5) is 0. The minimum Gasteiger partial charge on any atom is -0.491 e. The van der Waals surface area contributed by atoms with Crippen molar-refractivity contribution in [1.82, 2.24) is 5.32 Å². The summed E-state index contributed by atoms with van der Waals surface area (Å²) in [6.45, 7) is 4.79. The van der Waals surface area contributed by atoms with E-state index in [-0.39, 0.29) is 0 Å². The van der Waals surface area contributed by atoms with Crippen LogP contribution in [-0.2, 0) is 11.3 Å². The van der Waals surface area contributed by atoms with Crippen molar-refractivity contribution in [3.63, 3.8) is 0 Å². The Bertz CT molecular complexity index is 276. The molecule has 0 radical (unpaired) electrons. The van der Waals surface area contributed by atoms with Crippen LogP contribution in [0.5, 0.6) is 5.75 Å². The summed E-state index contributed by atoms with van der Waals surface area (Å²) in [7, 11) is 1.93. The molecule has 0 amide bonds. The molecule has 1 rings (SSSR count). The van der Waals surface area contributed by atoms with Crippen molar-refractivity contribution in [1.29, 1.82) is 0 Å². The third-order valence-corrected chi connectivity index (χ3v) is 2.03. The van der Waals surface area contributed by atoms with Gasteiger partial charge in [-0.05, 0) is 20.0 Å². The van der Waals surface area contributed by atoms with Gasteiger partial charge in [-0.3, -0.25) is 0 Å². The van der Waals surface area contributed by atoms with Gasteiger partial charge in [0.05, 0.1) is 6.61 Å². The van der Waals surface area contributed by atoms with Crippen LogP contribution in [0.3, 0.4) is 0 Å². The van der Waals surface area contributed by atoms with Gasteiger partial charge in [0, 0.05) is 18.7 Å². The fourth-order valence-electron chi connectivity index (χ4n) is 1.34. The van der Waals surface area contributed by atoms with E-state index < -0.39 is 0 Å². The van der Waals surface area contributed by atoms with Crippen molar-refractivity contribution in [2.75, 3.05) is 26.9 Å². The van der Waals surface area contributed by atoms with Crippen LogP contribution in [0.25, 0.3) is 0 Å². The number of para-hydroxylation sites is 1. The first-order chi connectivity index (χ1) is 7.38. The van der Waals surface area contributed by atoms with Gasteiger partial charge < -0.3 is 14.8 Å². The minimum atomic E-state index is 0.606. The first-order valence-electron chi connectivity index (χ1n) is 5.31. The predicted octanol–water partition coefficient (Wildman–Crippen LogP) is 1.82. The second-order valence-corrected chi connectivity index (χ2v) is 3.18. The SMILES string of the molecule is CCOCCOc1ccccc1CNC. The Morgan fingerprint density at radius 3 is 2.73 bits per heavy atom. The van der Waals surface area contributed by atoms with E-state index >= 15 is 0 Å². The van der Waals surface area contributed by atoms with Gasteiger partial charge >= 0.3 is 0 Å². The molecule has 15 heavy (non-hydrogen) atoms. The number of hydrogen-bond acceptors (Lipinski definition) is 3. The summed E-state index contributed by atoms with van der Waals surface area (Å²) in [5.41, 5.74) is 1.18. The molecule has 0 atom stereocenters. The summed E-state index contributed by atoms with van der Waals surface area (Å²) in [6, 6.07) is 8.04. The Labute approximate surface area is 91.4 Å². The van der Waals surface area contributed by atoms with Crippen LogP contribution < -0.4 is 10.1 Å². The fourth-order valence-corrected chi connectivity index (χ4v) is 1.34. The summed E-state index contributed by atoms with van der Waals surface area (Å²) in [5, 5.41) is 3.11. The van der Waals surface area contributed by atoms with Crippen LogP contribution in [-0.4, -0.2) is 26.9 Å². The molecule has 1 aromatic rings. The Morgan fingerprint density at radius 1 is 1.20 bits per heavy atom. The molecule has 84 valence electrons. The van der Waals surface area contributed by atoms with Gasteiger partial charge in [-0.2, -0.15) is 0 Å². The zero-order valence-corrected chi connectivity index (χ0v) is 9.45. The predicted molar refractivity (Wildman–Crippen MR) is 61.2 cm³/mol. The highest BCUT2D eigenvalue weighted by Crippen LogP contribution is 2.17. The number of benzene rings is 1. The summed E-state index contributed by atoms with van der Waals surface area (Å²) < 4.78 is 10.8. The molecule has 0 bridgehead atoms. The van der Waals surface area contributed by atoms with E-state index in [9.17, 15) is 0 Å². The average molecular weight is 209 g/mol. The van der Waals surface area contributed by atoms with E-state index in [0.29, 0.717) is 13.2 Å². The van der Waals surface area contributed by atoms with E-state index in [1.807, 2.05) is 32.2 Å². The molecule has 0 aliphatic heterocycles. The van der Waals surface area contributed by atoms with Gasteiger partial charge in [-0.25, -0.2) is 0 Å². The van der Waals surface area contributed by atoms with Gasteiger partial charge in [0.2, 0.25) is 0 Å².